The third kappa shape index (κ3) is 22.3. The molecular weight excluding hydrogens is 573 g/mol. The zero-order valence-electron chi connectivity index (χ0n) is 29.0. The molecule has 1 rings (SSSR count). The van der Waals surface area contributed by atoms with Crippen molar-refractivity contribution in [3.05, 3.63) is 29.8 Å². The number of carbonyl (C=O) groups excluding carboxylic acids is 1. The lowest BCUT2D eigenvalue weighted by Crippen LogP contribution is -2.39. The number of hydrogen-bond donors (Lipinski definition) is 1. The number of carbonyl (C=O) groups is 1. The largest absolute Gasteiger partial charge is 0.494 e. The number of phosphoric ester groups is 1. The minimum atomic E-state index is -4.18. The van der Waals surface area contributed by atoms with Gasteiger partial charge in [0.2, 0.25) is 0 Å². The summed E-state index contributed by atoms with van der Waals surface area (Å²) in [5.41, 5.74) is 1.05. The lowest BCUT2D eigenvalue weighted by Gasteiger charge is -2.28. The number of phosphoric acid groups is 1. The van der Waals surface area contributed by atoms with Crippen LogP contribution in [-0.4, -0.2) is 62.2 Å². The van der Waals surface area contributed by atoms with E-state index in [9.17, 15) is 14.3 Å². The minimum Gasteiger partial charge on any atom is -0.494 e. The molecular formula is C36H67NO6P+. The van der Waals surface area contributed by atoms with E-state index in [-0.39, 0.29) is 24.9 Å². The van der Waals surface area contributed by atoms with Gasteiger partial charge >= 0.3 is 7.82 Å². The molecule has 0 amide bonds. The maximum Gasteiger partial charge on any atom is 0.472 e. The highest BCUT2D eigenvalue weighted by molar-refractivity contribution is 7.47. The zero-order valence-corrected chi connectivity index (χ0v) is 29.9. The van der Waals surface area contributed by atoms with Crippen molar-refractivity contribution in [2.75, 3.05) is 47.0 Å². The van der Waals surface area contributed by atoms with Gasteiger partial charge in [0, 0.05) is 12.8 Å². The molecule has 0 aliphatic rings. The molecule has 0 aliphatic heterocycles. The van der Waals surface area contributed by atoms with Gasteiger partial charge < -0.3 is 14.1 Å². The van der Waals surface area contributed by atoms with Crippen molar-refractivity contribution in [1.29, 1.82) is 0 Å². The van der Waals surface area contributed by atoms with Crippen LogP contribution in [0.1, 0.15) is 135 Å². The van der Waals surface area contributed by atoms with E-state index in [1.165, 1.54) is 70.6 Å². The molecule has 0 radical (unpaired) electrons. The van der Waals surface area contributed by atoms with Gasteiger partial charge in [-0.15, -0.1) is 0 Å². The topological polar surface area (TPSA) is 82.1 Å². The molecule has 0 aliphatic carbocycles. The number of unbranched alkanes of at least 4 members (excludes halogenated alkanes) is 12. The summed E-state index contributed by atoms with van der Waals surface area (Å²) in [5.74, 6) is 0.795. The van der Waals surface area contributed by atoms with Gasteiger partial charge in [-0.1, -0.05) is 96.6 Å². The van der Waals surface area contributed by atoms with Crippen LogP contribution in [0.15, 0.2) is 24.3 Å². The molecule has 1 aromatic rings. The van der Waals surface area contributed by atoms with Crippen LogP contribution in [0, 0.1) is 5.92 Å². The maximum absolute atomic E-state index is 12.5. The Morgan fingerprint density at radius 2 is 1.34 bits per heavy atom. The summed E-state index contributed by atoms with van der Waals surface area (Å²) < 4.78 is 30.0. The third-order valence-electron chi connectivity index (χ3n) is 8.50. The number of benzene rings is 1. The predicted molar refractivity (Wildman–Crippen MR) is 183 cm³/mol. The van der Waals surface area contributed by atoms with E-state index < -0.39 is 7.82 Å². The Balaban J connectivity index is 2.37. The lowest BCUT2D eigenvalue weighted by molar-refractivity contribution is -0.888. The molecule has 0 aromatic heterocycles. The fraction of sp³-hybridized carbons (Fsp3) is 0.806. The van der Waals surface area contributed by atoms with Crippen molar-refractivity contribution in [3.8, 4) is 5.75 Å². The second-order valence-electron chi connectivity index (χ2n) is 13.2. The van der Waals surface area contributed by atoms with Crippen LogP contribution in [0.4, 0.5) is 0 Å². The molecule has 0 bridgehead atoms. The normalized spacial score (nSPS) is 14.0. The van der Waals surface area contributed by atoms with Gasteiger partial charge in [0.15, 0.2) is 0 Å². The first kappa shape index (κ1) is 40.8. The number of rotatable bonds is 30. The maximum atomic E-state index is 12.5. The van der Waals surface area contributed by atoms with Crippen LogP contribution in [0.5, 0.6) is 5.75 Å². The van der Waals surface area contributed by atoms with Gasteiger partial charge in [0.05, 0.1) is 47.0 Å². The van der Waals surface area contributed by atoms with Crippen molar-refractivity contribution >= 4 is 13.6 Å². The van der Waals surface area contributed by atoms with Gasteiger partial charge in [0.1, 0.15) is 11.5 Å². The summed E-state index contributed by atoms with van der Waals surface area (Å²) in [6.45, 7) is 9.33. The average molecular weight is 641 g/mol. The van der Waals surface area contributed by atoms with Crippen LogP contribution < -0.4 is 4.74 Å². The number of ketones is 1. The molecule has 2 unspecified atom stereocenters. The number of Topliss-reactive ketones (excluding diaryl/α,β-unsaturated/α-hetero) is 1. The summed E-state index contributed by atoms with van der Waals surface area (Å²) in [7, 11) is 0.162. The van der Waals surface area contributed by atoms with Gasteiger partial charge in [-0.25, -0.2) is 4.57 Å². The van der Waals surface area contributed by atoms with E-state index in [0.717, 1.165) is 54.8 Å². The zero-order chi connectivity index (χ0) is 32.5. The Morgan fingerprint density at radius 3 is 1.91 bits per heavy atom. The highest BCUT2D eigenvalue weighted by atomic mass is 31.2. The minimum absolute atomic E-state index is 0.000195. The molecule has 0 fully saturated rings. The molecule has 256 valence electrons. The van der Waals surface area contributed by atoms with Gasteiger partial charge in [-0.3, -0.25) is 13.8 Å². The van der Waals surface area contributed by atoms with Gasteiger partial charge in [0.25, 0.3) is 0 Å². The van der Waals surface area contributed by atoms with Crippen molar-refractivity contribution in [2.24, 2.45) is 5.92 Å². The average Bonchev–Trinajstić information content (AvgIpc) is 2.99. The number of quaternary nitrogens is 1. The van der Waals surface area contributed by atoms with Crippen molar-refractivity contribution in [2.45, 2.75) is 136 Å². The highest BCUT2D eigenvalue weighted by Crippen LogP contribution is 2.44. The van der Waals surface area contributed by atoms with Crippen LogP contribution in [0.3, 0.4) is 0 Å². The highest BCUT2D eigenvalue weighted by Gasteiger charge is 2.25. The van der Waals surface area contributed by atoms with Gasteiger partial charge in [-0.2, -0.15) is 0 Å². The molecule has 7 nitrogen and oxygen atoms in total. The summed E-state index contributed by atoms with van der Waals surface area (Å²) in [6, 6.07) is 7.97. The van der Waals surface area contributed by atoms with E-state index in [4.69, 9.17) is 13.8 Å². The Kier molecular flexibility index (Phi) is 23.1. The molecule has 1 aromatic carbocycles. The first-order valence-electron chi connectivity index (χ1n) is 17.8. The summed E-state index contributed by atoms with van der Waals surface area (Å²) in [6.07, 6.45) is 19.7. The molecule has 1 N–H and O–H groups in total. The van der Waals surface area contributed by atoms with Crippen LogP contribution in [0.2, 0.25) is 0 Å². The summed E-state index contributed by atoms with van der Waals surface area (Å²) in [4.78, 5) is 22.7. The first-order chi connectivity index (χ1) is 21.1. The van der Waals surface area contributed by atoms with Crippen molar-refractivity contribution in [3.63, 3.8) is 0 Å². The Bertz CT molecular complexity index is 891. The van der Waals surface area contributed by atoms with E-state index in [1.54, 1.807) is 0 Å². The quantitative estimate of drug-likeness (QED) is 0.0512. The SMILES string of the molecule is CCCCCCCCCCCCCCOc1ccc(CC(COP(=O)(O)OCCCC[N+](C)(C)CC)CC(=O)CCC)cc1. The Labute approximate surface area is 270 Å². The molecule has 0 saturated carbocycles. The van der Waals surface area contributed by atoms with Crippen molar-refractivity contribution < 1.29 is 32.5 Å². The fourth-order valence-electron chi connectivity index (χ4n) is 5.30. The van der Waals surface area contributed by atoms with E-state index in [1.807, 2.05) is 31.2 Å². The van der Waals surface area contributed by atoms with Crippen LogP contribution in [-0.2, 0) is 24.8 Å². The number of ether oxygens (including phenoxy) is 1. The fourth-order valence-corrected chi connectivity index (χ4v) is 6.13. The predicted octanol–water partition coefficient (Wildman–Crippen LogP) is 9.69. The van der Waals surface area contributed by atoms with E-state index in [2.05, 4.69) is 27.9 Å². The molecule has 0 spiro atoms. The molecule has 44 heavy (non-hydrogen) atoms. The van der Waals surface area contributed by atoms with Crippen LogP contribution >= 0.6 is 7.82 Å². The molecule has 8 heteroatoms. The Hall–Kier alpha value is -1.24. The first-order valence-corrected chi connectivity index (χ1v) is 19.3. The standard InChI is InChI=1S/C36H66NO6P/c1-6-9-10-11-12-13-14-15-16-17-18-20-28-41-36-25-23-33(24-26-36)30-34(31-35(38)22-7-2)32-43-44(39,40)42-29-21-19-27-37(4,5)8-3/h23-26,34H,6-22,27-32H2,1-5H3/p+1. The van der Waals surface area contributed by atoms with E-state index in [0.29, 0.717) is 25.7 Å². The van der Waals surface area contributed by atoms with E-state index >= 15 is 0 Å². The number of nitrogens with zero attached hydrogens (tertiary/aromatic N) is 1. The second kappa shape index (κ2) is 24.9. The lowest BCUT2D eigenvalue weighted by atomic mass is 9.94. The smallest absolute Gasteiger partial charge is 0.472 e. The second-order valence-corrected chi connectivity index (χ2v) is 14.7. The Morgan fingerprint density at radius 1 is 0.773 bits per heavy atom. The monoisotopic (exact) mass is 640 g/mol. The van der Waals surface area contributed by atoms with Gasteiger partial charge in [-0.05, 0) is 62.6 Å². The summed E-state index contributed by atoms with van der Waals surface area (Å²) >= 11 is 0. The molecule has 0 saturated heterocycles. The third-order valence-corrected chi connectivity index (χ3v) is 9.49. The van der Waals surface area contributed by atoms with Crippen LogP contribution in [0.25, 0.3) is 0 Å². The number of hydrogen-bond acceptors (Lipinski definition) is 5. The molecule has 2 atom stereocenters. The molecule has 0 heterocycles. The summed E-state index contributed by atoms with van der Waals surface area (Å²) in [5, 5.41) is 0. The van der Waals surface area contributed by atoms with Crippen molar-refractivity contribution in [1.82, 2.24) is 0 Å².